The summed E-state index contributed by atoms with van der Waals surface area (Å²) in [6.07, 6.45) is 6.32. The van der Waals surface area contributed by atoms with Crippen molar-refractivity contribution < 1.29 is 24.9 Å². The lowest BCUT2D eigenvalue weighted by molar-refractivity contribution is -0.296. The monoisotopic (exact) mass is 394 g/mol. The molecule has 1 amide bonds. The molecule has 0 radical (unpaired) electrons. The normalized spacial score (nSPS) is 29.3. The molecule has 1 aromatic rings. The van der Waals surface area contributed by atoms with Crippen LogP contribution in [0.3, 0.4) is 0 Å². The summed E-state index contributed by atoms with van der Waals surface area (Å²) in [7, 11) is 0. The van der Waals surface area contributed by atoms with Gasteiger partial charge in [-0.15, -0.1) is 0 Å². The van der Waals surface area contributed by atoms with Crippen molar-refractivity contribution in [2.75, 3.05) is 26.2 Å². The Morgan fingerprint density at radius 3 is 2.68 bits per heavy atom. The highest BCUT2D eigenvalue weighted by molar-refractivity contribution is 5.68. The molecule has 1 spiro atoms. The largest absolute Gasteiger partial charge is 0.414 e. The minimum Gasteiger partial charge on any atom is -0.392 e. The molecule has 9 heteroatoms. The number of carbonyl (C=O) groups excluding carboxylic acids is 1. The van der Waals surface area contributed by atoms with Crippen molar-refractivity contribution >= 4 is 6.09 Å². The number of rotatable bonds is 4. The summed E-state index contributed by atoms with van der Waals surface area (Å²) >= 11 is 0. The fraction of sp³-hybridized carbons (Fsp3) is 0.789. The number of hydrogen-bond acceptors (Lipinski definition) is 7. The lowest BCUT2D eigenvalue weighted by Crippen LogP contribution is -2.54. The predicted octanol–water partition coefficient (Wildman–Crippen LogP) is 0.662. The molecule has 9 nitrogen and oxygen atoms in total. The number of piperidine rings is 1. The Labute approximate surface area is 164 Å². The van der Waals surface area contributed by atoms with E-state index in [0.29, 0.717) is 25.0 Å². The third kappa shape index (κ3) is 3.89. The first kappa shape index (κ1) is 19.6. The first-order valence-corrected chi connectivity index (χ1v) is 10.1. The van der Waals surface area contributed by atoms with Gasteiger partial charge in [0.1, 0.15) is 6.73 Å². The number of likely N-dealkylation sites (tertiary alicyclic amines) is 2. The molecule has 28 heavy (non-hydrogen) atoms. The first-order chi connectivity index (χ1) is 13.3. The lowest BCUT2D eigenvalue weighted by atomic mass is 9.64. The van der Waals surface area contributed by atoms with Crippen molar-refractivity contribution in [3.63, 3.8) is 0 Å². The van der Waals surface area contributed by atoms with Gasteiger partial charge in [0.25, 0.3) is 0 Å². The van der Waals surface area contributed by atoms with Crippen LogP contribution in [0.2, 0.25) is 0 Å². The van der Waals surface area contributed by atoms with Crippen LogP contribution in [0.5, 0.6) is 0 Å². The lowest BCUT2D eigenvalue weighted by Gasteiger charge is -2.51. The Morgan fingerprint density at radius 2 is 2.04 bits per heavy atom. The molecule has 3 fully saturated rings. The summed E-state index contributed by atoms with van der Waals surface area (Å²) in [6.45, 7) is 4.29. The summed E-state index contributed by atoms with van der Waals surface area (Å²) in [5.74, 6) is -1.98. The van der Waals surface area contributed by atoms with Gasteiger partial charge < -0.3 is 29.9 Å². The van der Waals surface area contributed by atoms with Crippen LogP contribution in [0, 0.1) is 5.41 Å². The first-order valence-electron chi connectivity index (χ1n) is 10.1. The molecule has 3 heterocycles. The van der Waals surface area contributed by atoms with Gasteiger partial charge >= 0.3 is 12.1 Å². The molecule has 0 unspecified atom stereocenters. The molecule has 1 aromatic heterocycles. The fourth-order valence-corrected chi connectivity index (χ4v) is 5.22. The number of aliphatic hydroxyl groups excluding tert-OH is 1. The number of nitrogens with zero attached hydrogens (tertiary/aromatic N) is 4. The summed E-state index contributed by atoms with van der Waals surface area (Å²) in [5.41, 5.74) is 1.27. The Morgan fingerprint density at radius 1 is 1.32 bits per heavy atom. The van der Waals surface area contributed by atoms with Gasteiger partial charge in [0.05, 0.1) is 0 Å². The molecular weight excluding hydrogens is 364 g/mol. The summed E-state index contributed by atoms with van der Waals surface area (Å²) < 4.78 is 6.33. The molecule has 1 saturated carbocycles. The second-order valence-electron chi connectivity index (χ2n) is 8.74. The maximum Gasteiger partial charge on any atom is 0.414 e. The zero-order chi connectivity index (χ0) is 19.9. The molecule has 156 valence electrons. The molecule has 3 aliphatic rings. The quantitative estimate of drug-likeness (QED) is 0.643. The minimum absolute atomic E-state index is 0.0711. The second kappa shape index (κ2) is 7.29. The Bertz CT molecular complexity index is 701. The van der Waals surface area contributed by atoms with Gasteiger partial charge in [0.2, 0.25) is 0 Å². The zero-order valence-electron chi connectivity index (χ0n) is 16.3. The highest BCUT2D eigenvalue weighted by Crippen LogP contribution is 2.51. The molecular formula is C19H30N4O5. The van der Waals surface area contributed by atoms with E-state index in [9.17, 15) is 20.1 Å². The van der Waals surface area contributed by atoms with Gasteiger partial charge in [-0.2, -0.15) is 5.10 Å². The van der Waals surface area contributed by atoms with E-state index in [1.54, 1.807) is 15.8 Å². The van der Waals surface area contributed by atoms with E-state index in [4.69, 9.17) is 0 Å². The number of hydrogen-bond donors (Lipinski definition) is 3. The molecule has 0 bridgehead atoms. The summed E-state index contributed by atoms with van der Waals surface area (Å²) in [6, 6.07) is 2.56. The predicted molar refractivity (Wildman–Crippen MR) is 99.0 cm³/mol. The van der Waals surface area contributed by atoms with Crippen LogP contribution in [-0.2, 0) is 11.5 Å². The number of ether oxygens (including phenoxy) is 1. The van der Waals surface area contributed by atoms with Crippen molar-refractivity contribution in [2.24, 2.45) is 5.41 Å². The molecule has 2 aliphatic heterocycles. The van der Waals surface area contributed by atoms with Crippen molar-refractivity contribution in [3.8, 4) is 0 Å². The van der Waals surface area contributed by atoms with Crippen LogP contribution in [0.4, 0.5) is 4.79 Å². The van der Waals surface area contributed by atoms with Crippen molar-refractivity contribution in [1.29, 1.82) is 0 Å². The van der Waals surface area contributed by atoms with Gasteiger partial charge in [-0.1, -0.05) is 0 Å². The topological polar surface area (TPSA) is 111 Å². The smallest absolute Gasteiger partial charge is 0.392 e. The standard InChI is InChI=1S/C19H30N4O5/c1-18(26,27)28-17(25)22-9-5-19(12-22)10-15(11-19)21-7-3-14(4-8-21)16-2-6-20-23(16)13-24/h2,6,14-15,24,26-27H,3-5,7-13H2,1H3. The van der Waals surface area contributed by atoms with E-state index in [1.165, 1.54) is 0 Å². The highest BCUT2D eigenvalue weighted by atomic mass is 16.8. The number of amides is 1. The number of carbonyl (C=O) groups is 1. The highest BCUT2D eigenvalue weighted by Gasteiger charge is 2.51. The Hall–Kier alpha value is -1.68. The fourth-order valence-electron chi connectivity index (χ4n) is 5.22. The average molecular weight is 394 g/mol. The van der Waals surface area contributed by atoms with Gasteiger partial charge in [-0.25, -0.2) is 9.48 Å². The molecule has 0 aromatic carbocycles. The molecule has 3 N–H and O–H groups in total. The third-order valence-electron chi connectivity index (χ3n) is 6.66. The Kier molecular flexibility index (Phi) is 5.11. The van der Waals surface area contributed by atoms with Crippen LogP contribution in [-0.4, -0.2) is 79.2 Å². The minimum atomic E-state index is -2.43. The summed E-state index contributed by atoms with van der Waals surface area (Å²) in [5, 5.41) is 32.0. The van der Waals surface area contributed by atoms with Crippen LogP contribution >= 0.6 is 0 Å². The molecule has 1 aliphatic carbocycles. The van der Waals surface area contributed by atoms with E-state index < -0.39 is 12.1 Å². The van der Waals surface area contributed by atoms with Crippen molar-refractivity contribution in [1.82, 2.24) is 19.6 Å². The van der Waals surface area contributed by atoms with E-state index in [2.05, 4.69) is 14.7 Å². The van der Waals surface area contributed by atoms with Gasteiger partial charge in [0.15, 0.2) is 0 Å². The van der Waals surface area contributed by atoms with Crippen LogP contribution in [0.1, 0.15) is 50.6 Å². The van der Waals surface area contributed by atoms with E-state index >= 15 is 0 Å². The maximum absolute atomic E-state index is 12.0. The second-order valence-corrected chi connectivity index (χ2v) is 8.74. The van der Waals surface area contributed by atoms with E-state index in [1.807, 2.05) is 6.07 Å². The van der Waals surface area contributed by atoms with Gasteiger partial charge in [-0.05, 0) is 56.7 Å². The van der Waals surface area contributed by atoms with Crippen LogP contribution in [0.15, 0.2) is 12.3 Å². The zero-order valence-corrected chi connectivity index (χ0v) is 16.3. The SMILES string of the molecule is CC(O)(O)OC(=O)N1CCC2(CC(N3CCC(c4ccnn4CO)CC3)C2)C1. The molecule has 4 rings (SSSR count). The average Bonchev–Trinajstić information content (AvgIpc) is 3.26. The molecule has 2 saturated heterocycles. The number of aromatic nitrogens is 2. The maximum atomic E-state index is 12.0. The Balaban J connectivity index is 1.25. The molecule has 0 atom stereocenters. The van der Waals surface area contributed by atoms with Gasteiger partial charge in [0, 0.05) is 43.9 Å². The number of aliphatic hydroxyl groups is 3. The van der Waals surface area contributed by atoms with E-state index in [0.717, 1.165) is 57.8 Å². The van der Waals surface area contributed by atoms with Crippen molar-refractivity contribution in [3.05, 3.63) is 18.0 Å². The summed E-state index contributed by atoms with van der Waals surface area (Å²) in [4.78, 5) is 16.2. The third-order valence-corrected chi connectivity index (χ3v) is 6.66. The van der Waals surface area contributed by atoms with Crippen LogP contribution < -0.4 is 0 Å². The van der Waals surface area contributed by atoms with Gasteiger partial charge in [-0.3, -0.25) is 0 Å². The van der Waals surface area contributed by atoms with Crippen LogP contribution in [0.25, 0.3) is 0 Å². The van der Waals surface area contributed by atoms with E-state index in [-0.39, 0.29) is 12.1 Å². The van der Waals surface area contributed by atoms with Crippen molar-refractivity contribution in [2.45, 2.75) is 63.7 Å².